The second-order valence-electron chi connectivity index (χ2n) is 6.62. The van der Waals surface area contributed by atoms with Crippen molar-refractivity contribution in [3.05, 3.63) is 59.7 Å². The van der Waals surface area contributed by atoms with Gasteiger partial charge in [-0.1, -0.05) is 18.2 Å². The standard InChI is InChI=1S/C20H25N3O5S/c1-21-29(26,27)18-7-5-6-16(12-18)20(25)28-14-19(24)23(4)13-15-8-10-17(11-9-15)22(2)3/h5-12,21H,13-14H2,1-4H3. The summed E-state index contributed by atoms with van der Waals surface area (Å²) >= 11 is 0. The molecule has 1 N–H and O–H groups in total. The van der Waals surface area contributed by atoms with Crippen molar-refractivity contribution >= 4 is 27.6 Å². The molecule has 0 fully saturated rings. The third-order valence-corrected chi connectivity index (χ3v) is 5.69. The molecule has 0 aliphatic heterocycles. The molecule has 2 aromatic rings. The third kappa shape index (κ3) is 6.03. The highest BCUT2D eigenvalue weighted by Gasteiger charge is 2.17. The van der Waals surface area contributed by atoms with Crippen LogP contribution in [0.15, 0.2) is 53.4 Å². The summed E-state index contributed by atoms with van der Waals surface area (Å²) in [5.41, 5.74) is 2.05. The first-order valence-corrected chi connectivity index (χ1v) is 10.3. The average molecular weight is 420 g/mol. The lowest BCUT2D eigenvalue weighted by molar-refractivity contribution is -0.133. The van der Waals surface area contributed by atoms with Crippen LogP contribution in [0.5, 0.6) is 0 Å². The summed E-state index contributed by atoms with van der Waals surface area (Å²) in [7, 11) is 3.12. The minimum Gasteiger partial charge on any atom is -0.452 e. The highest BCUT2D eigenvalue weighted by atomic mass is 32.2. The van der Waals surface area contributed by atoms with Crippen LogP contribution in [-0.2, 0) is 26.1 Å². The summed E-state index contributed by atoms with van der Waals surface area (Å²) in [6, 6.07) is 13.2. The number of sulfonamides is 1. The van der Waals surface area contributed by atoms with E-state index in [2.05, 4.69) is 4.72 Å². The zero-order valence-electron chi connectivity index (χ0n) is 16.9. The van der Waals surface area contributed by atoms with Gasteiger partial charge in [-0.15, -0.1) is 0 Å². The van der Waals surface area contributed by atoms with Gasteiger partial charge < -0.3 is 14.5 Å². The van der Waals surface area contributed by atoms with Gasteiger partial charge in [0.25, 0.3) is 5.91 Å². The Morgan fingerprint density at radius 2 is 1.69 bits per heavy atom. The Kier molecular flexibility index (Phi) is 7.35. The summed E-state index contributed by atoms with van der Waals surface area (Å²) in [5.74, 6) is -1.13. The predicted octanol–water partition coefficient (Wildman–Crippen LogP) is 1.48. The molecule has 0 aliphatic carbocycles. The molecule has 0 saturated carbocycles. The van der Waals surface area contributed by atoms with E-state index in [1.165, 1.54) is 36.2 Å². The van der Waals surface area contributed by atoms with Crippen molar-refractivity contribution < 1.29 is 22.7 Å². The van der Waals surface area contributed by atoms with Crippen LogP contribution in [0.4, 0.5) is 5.69 Å². The Hall–Kier alpha value is -2.91. The third-order valence-electron chi connectivity index (χ3n) is 4.27. The van der Waals surface area contributed by atoms with Gasteiger partial charge in [0.05, 0.1) is 10.5 Å². The number of esters is 1. The molecular weight excluding hydrogens is 394 g/mol. The molecule has 0 aliphatic rings. The molecular formula is C20H25N3O5S. The van der Waals surface area contributed by atoms with E-state index in [0.717, 1.165) is 11.3 Å². The van der Waals surface area contributed by atoms with E-state index in [1.54, 1.807) is 7.05 Å². The van der Waals surface area contributed by atoms with E-state index in [4.69, 9.17) is 4.74 Å². The van der Waals surface area contributed by atoms with E-state index < -0.39 is 22.6 Å². The van der Waals surface area contributed by atoms with Crippen molar-refractivity contribution in [2.24, 2.45) is 0 Å². The lowest BCUT2D eigenvalue weighted by Gasteiger charge is -2.18. The molecule has 0 saturated heterocycles. The number of hydrogen-bond acceptors (Lipinski definition) is 6. The maximum Gasteiger partial charge on any atom is 0.338 e. The summed E-state index contributed by atoms with van der Waals surface area (Å²) < 4.78 is 30.9. The van der Waals surface area contributed by atoms with Crippen molar-refractivity contribution in [3.8, 4) is 0 Å². The molecule has 156 valence electrons. The molecule has 0 aromatic heterocycles. The normalized spacial score (nSPS) is 11.0. The molecule has 29 heavy (non-hydrogen) atoms. The molecule has 9 heteroatoms. The maximum absolute atomic E-state index is 12.3. The second kappa shape index (κ2) is 9.53. The van der Waals surface area contributed by atoms with E-state index in [0.29, 0.717) is 6.54 Å². The molecule has 0 heterocycles. The molecule has 0 unspecified atom stereocenters. The van der Waals surface area contributed by atoms with Crippen molar-refractivity contribution in [2.75, 3.05) is 39.7 Å². The maximum atomic E-state index is 12.3. The molecule has 8 nitrogen and oxygen atoms in total. The molecule has 2 aromatic carbocycles. The number of rotatable bonds is 8. The molecule has 2 rings (SSSR count). The van der Waals surface area contributed by atoms with E-state index in [1.807, 2.05) is 43.3 Å². The minimum absolute atomic E-state index is 0.0519. The van der Waals surface area contributed by atoms with Gasteiger partial charge in [-0.3, -0.25) is 4.79 Å². The Morgan fingerprint density at radius 3 is 2.28 bits per heavy atom. The van der Waals surface area contributed by atoms with Crippen LogP contribution >= 0.6 is 0 Å². The highest BCUT2D eigenvalue weighted by molar-refractivity contribution is 7.89. The van der Waals surface area contributed by atoms with Crippen LogP contribution < -0.4 is 9.62 Å². The van der Waals surface area contributed by atoms with Crippen LogP contribution in [0.2, 0.25) is 0 Å². The smallest absolute Gasteiger partial charge is 0.338 e. The van der Waals surface area contributed by atoms with Gasteiger partial charge in [0.15, 0.2) is 6.61 Å². The molecule has 0 spiro atoms. The quantitative estimate of drug-likeness (QED) is 0.651. The predicted molar refractivity (Wildman–Crippen MR) is 110 cm³/mol. The molecule has 0 bridgehead atoms. The topological polar surface area (TPSA) is 96.0 Å². The number of hydrogen-bond donors (Lipinski definition) is 1. The fourth-order valence-corrected chi connectivity index (χ4v) is 3.27. The molecule has 1 amide bonds. The second-order valence-corrected chi connectivity index (χ2v) is 8.51. The number of anilines is 1. The summed E-state index contributed by atoms with van der Waals surface area (Å²) in [5, 5.41) is 0. The number of carbonyl (C=O) groups is 2. The number of ether oxygens (including phenoxy) is 1. The molecule has 0 atom stereocenters. The number of carbonyl (C=O) groups excluding carboxylic acids is 2. The fraction of sp³-hybridized carbons (Fsp3) is 0.300. The first-order chi connectivity index (χ1) is 13.6. The van der Waals surface area contributed by atoms with Crippen molar-refractivity contribution in [2.45, 2.75) is 11.4 Å². The lowest BCUT2D eigenvalue weighted by atomic mass is 10.2. The van der Waals surface area contributed by atoms with Crippen molar-refractivity contribution in [3.63, 3.8) is 0 Å². The first kappa shape index (κ1) is 22.4. The fourth-order valence-electron chi connectivity index (χ4n) is 2.49. The Balaban J connectivity index is 1.94. The minimum atomic E-state index is -3.68. The van der Waals surface area contributed by atoms with E-state index >= 15 is 0 Å². The number of nitrogens with one attached hydrogen (secondary N) is 1. The van der Waals surface area contributed by atoms with Crippen LogP contribution in [0, 0.1) is 0 Å². The zero-order valence-corrected chi connectivity index (χ0v) is 17.7. The summed E-state index contributed by atoms with van der Waals surface area (Å²) in [6.45, 7) is -0.0614. The Labute approximate surface area is 171 Å². The SMILES string of the molecule is CNS(=O)(=O)c1cccc(C(=O)OCC(=O)N(C)Cc2ccc(N(C)C)cc2)c1. The van der Waals surface area contributed by atoms with Gasteiger partial charge in [-0.25, -0.2) is 17.9 Å². The first-order valence-electron chi connectivity index (χ1n) is 8.85. The monoisotopic (exact) mass is 419 g/mol. The lowest BCUT2D eigenvalue weighted by Crippen LogP contribution is -2.30. The van der Waals surface area contributed by atoms with E-state index in [9.17, 15) is 18.0 Å². The number of benzene rings is 2. The van der Waals surface area contributed by atoms with Crippen molar-refractivity contribution in [1.82, 2.24) is 9.62 Å². The van der Waals surface area contributed by atoms with Crippen LogP contribution in [0.25, 0.3) is 0 Å². The summed E-state index contributed by atoms with van der Waals surface area (Å²) in [4.78, 5) is 27.8. The van der Waals surface area contributed by atoms with E-state index in [-0.39, 0.29) is 16.4 Å². The van der Waals surface area contributed by atoms with Gasteiger partial charge >= 0.3 is 5.97 Å². The van der Waals surface area contributed by atoms with Crippen molar-refractivity contribution in [1.29, 1.82) is 0 Å². The summed E-state index contributed by atoms with van der Waals surface area (Å²) in [6.07, 6.45) is 0. The number of likely N-dealkylation sites (N-methyl/N-ethyl adjacent to an activating group) is 1. The Bertz CT molecular complexity index is 972. The van der Waals surface area contributed by atoms with Crippen LogP contribution in [0.1, 0.15) is 15.9 Å². The van der Waals surface area contributed by atoms with Crippen LogP contribution in [0.3, 0.4) is 0 Å². The van der Waals surface area contributed by atoms with Gasteiger partial charge in [-0.2, -0.15) is 0 Å². The highest BCUT2D eigenvalue weighted by Crippen LogP contribution is 2.14. The largest absolute Gasteiger partial charge is 0.452 e. The van der Waals surface area contributed by atoms with Gasteiger partial charge in [0.1, 0.15) is 0 Å². The Morgan fingerprint density at radius 1 is 1.03 bits per heavy atom. The number of nitrogens with zero attached hydrogens (tertiary/aromatic N) is 2. The van der Waals surface area contributed by atoms with Gasteiger partial charge in [-0.05, 0) is 42.9 Å². The van der Waals surface area contributed by atoms with Crippen LogP contribution in [-0.4, -0.2) is 60.0 Å². The van der Waals surface area contributed by atoms with Gasteiger partial charge in [0.2, 0.25) is 10.0 Å². The number of amides is 1. The van der Waals surface area contributed by atoms with Gasteiger partial charge in [0, 0.05) is 33.4 Å². The zero-order chi connectivity index (χ0) is 21.6. The molecule has 0 radical (unpaired) electrons. The average Bonchev–Trinajstić information content (AvgIpc) is 2.72.